The second-order valence-electron chi connectivity index (χ2n) is 8.54. The van der Waals surface area contributed by atoms with Crippen LogP contribution < -0.4 is 20.3 Å². The first-order chi connectivity index (χ1) is 17.6. The molecule has 0 saturated carbocycles. The van der Waals surface area contributed by atoms with Crippen LogP contribution in [0.3, 0.4) is 0 Å². The maximum Gasteiger partial charge on any atom is 0.260 e. The van der Waals surface area contributed by atoms with Crippen LogP contribution in [-0.4, -0.2) is 48.8 Å². The summed E-state index contributed by atoms with van der Waals surface area (Å²) in [5, 5.41) is 8.20. The molecule has 0 bridgehead atoms. The molecule has 2 heterocycles. The average Bonchev–Trinajstić information content (AvgIpc) is 2.90. The van der Waals surface area contributed by atoms with E-state index in [1.165, 1.54) is 0 Å². The van der Waals surface area contributed by atoms with Crippen LogP contribution >= 0.6 is 0 Å². The van der Waals surface area contributed by atoms with Gasteiger partial charge in [-0.2, -0.15) is 4.98 Å². The monoisotopic (exact) mass is 483 g/mol. The summed E-state index contributed by atoms with van der Waals surface area (Å²) >= 11 is 0. The maximum atomic E-state index is 13.3. The Balaban J connectivity index is 1.32. The van der Waals surface area contributed by atoms with Gasteiger partial charge in [-0.25, -0.2) is 4.98 Å². The summed E-state index contributed by atoms with van der Waals surface area (Å²) in [4.78, 5) is 24.7. The number of morpholine rings is 1. The van der Waals surface area contributed by atoms with Crippen molar-refractivity contribution in [3.8, 4) is 5.75 Å². The Morgan fingerprint density at radius 1 is 1.00 bits per heavy atom. The smallest absolute Gasteiger partial charge is 0.260 e. The highest BCUT2D eigenvalue weighted by molar-refractivity contribution is 6.15. The number of hydrogen-bond donors (Lipinski definition) is 2. The number of nitrogens with one attached hydrogen (secondary N) is 2. The number of anilines is 4. The number of ether oxygens (including phenoxy) is 2. The van der Waals surface area contributed by atoms with Gasteiger partial charge in [0.15, 0.2) is 0 Å². The van der Waals surface area contributed by atoms with Crippen molar-refractivity contribution in [2.24, 2.45) is 0 Å². The molecule has 1 aliphatic heterocycles. The van der Waals surface area contributed by atoms with E-state index in [9.17, 15) is 4.79 Å². The number of carbonyl (C=O) groups is 1. The van der Waals surface area contributed by atoms with Crippen LogP contribution in [0.15, 0.2) is 66.7 Å². The zero-order chi connectivity index (χ0) is 24.9. The van der Waals surface area contributed by atoms with Gasteiger partial charge in [0.2, 0.25) is 5.95 Å². The molecule has 0 atom stereocenters. The van der Waals surface area contributed by atoms with E-state index in [1.807, 2.05) is 80.6 Å². The predicted octanol–water partition coefficient (Wildman–Crippen LogP) is 5.17. The number of benzene rings is 3. The van der Waals surface area contributed by atoms with Gasteiger partial charge in [-0.1, -0.05) is 30.3 Å². The number of amides is 1. The number of nitrogens with zero attached hydrogens (tertiary/aromatic N) is 3. The molecular weight excluding hydrogens is 454 g/mol. The molecule has 1 saturated heterocycles. The van der Waals surface area contributed by atoms with Crippen molar-refractivity contribution in [2.75, 3.05) is 48.4 Å². The number of fused-ring (bicyclic) bond motifs is 1. The van der Waals surface area contributed by atoms with Gasteiger partial charge in [0.25, 0.3) is 5.91 Å². The van der Waals surface area contributed by atoms with E-state index < -0.39 is 0 Å². The molecule has 1 aromatic heterocycles. The Bertz CT molecular complexity index is 1370. The molecule has 184 valence electrons. The first-order valence-electron chi connectivity index (χ1n) is 12.1. The van der Waals surface area contributed by atoms with E-state index in [0.29, 0.717) is 42.8 Å². The van der Waals surface area contributed by atoms with Crippen LogP contribution in [0.1, 0.15) is 23.0 Å². The fourth-order valence-corrected chi connectivity index (χ4v) is 4.26. The fraction of sp³-hybridized carbons (Fsp3) is 0.250. The first kappa shape index (κ1) is 23.6. The van der Waals surface area contributed by atoms with Crippen molar-refractivity contribution < 1.29 is 14.3 Å². The van der Waals surface area contributed by atoms with Gasteiger partial charge < -0.3 is 25.0 Å². The molecule has 1 fully saturated rings. The minimum atomic E-state index is -0.211. The summed E-state index contributed by atoms with van der Waals surface area (Å²) in [7, 11) is 0. The molecule has 3 aromatic carbocycles. The Morgan fingerprint density at radius 3 is 2.53 bits per heavy atom. The van der Waals surface area contributed by atoms with Gasteiger partial charge in [-0.05, 0) is 55.0 Å². The van der Waals surface area contributed by atoms with Crippen LogP contribution in [0.5, 0.6) is 5.75 Å². The summed E-state index contributed by atoms with van der Waals surface area (Å²) in [5.41, 5.74) is 2.97. The van der Waals surface area contributed by atoms with E-state index in [0.717, 1.165) is 41.1 Å². The van der Waals surface area contributed by atoms with Crippen molar-refractivity contribution >= 4 is 39.8 Å². The second-order valence-corrected chi connectivity index (χ2v) is 8.54. The SMILES string of the molecule is CCOc1ccc2ccccc2c1C(=O)Nc1ccc(Nc2cc(C)nc(N3CCOCC3)n2)cc1. The van der Waals surface area contributed by atoms with Crippen LogP contribution in [0, 0.1) is 6.92 Å². The first-order valence-corrected chi connectivity index (χ1v) is 12.1. The minimum absolute atomic E-state index is 0.211. The predicted molar refractivity (Wildman–Crippen MR) is 143 cm³/mol. The highest BCUT2D eigenvalue weighted by Gasteiger charge is 2.18. The third-order valence-corrected chi connectivity index (χ3v) is 5.97. The molecule has 8 heteroatoms. The Kier molecular flexibility index (Phi) is 6.95. The summed E-state index contributed by atoms with van der Waals surface area (Å²) in [6.45, 7) is 7.26. The minimum Gasteiger partial charge on any atom is -0.493 e. The van der Waals surface area contributed by atoms with Crippen molar-refractivity contribution in [1.29, 1.82) is 0 Å². The molecule has 5 rings (SSSR count). The number of carbonyl (C=O) groups excluding carboxylic acids is 1. The zero-order valence-electron chi connectivity index (χ0n) is 20.5. The number of aryl methyl sites for hydroxylation is 1. The summed E-state index contributed by atoms with van der Waals surface area (Å²) in [6.07, 6.45) is 0. The third-order valence-electron chi connectivity index (χ3n) is 5.97. The van der Waals surface area contributed by atoms with Crippen LogP contribution in [0.2, 0.25) is 0 Å². The lowest BCUT2D eigenvalue weighted by molar-refractivity contribution is 0.102. The third kappa shape index (κ3) is 5.23. The normalized spacial score (nSPS) is 13.4. The Labute approximate surface area is 210 Å². The largest absolute Gasteiger partial charge is 0.493 e. The number of hydrogen-bond acceptors (Lipinski definition) is 7. The van der Waals surface area contributed by atoms with Crippen LogP contribution in [-0.2, 0) is 4.74 Å². The van der Waals surface area contributed by atoms with Gasteiger partial charge in [0, 0.05) is 36.2 Å². The van der Waals surface area contributed by atoms with Gasteiger partial charge >= 0.3 is 0 Å². The van der Waals surface area contributed by atoms with Crippen molar-refractivity contribution in [2.45, 2.75) is 13.8 Å². The van der Waals surface area contributed by atoms with Crippen molar-refractivity contribution in [3.63, 3.8) is 0 Å². The second kappa shape index (κ2) is 10.6. The van der Waals surface area contributed by atoms with E-state index in [4.69, 9.17) is 9.47 Å². The molecule has 1 aliphatic rings. The van der Waals surface area contributed by atoms with Gasteiger partial charge in [-0.3, -0.25) is 4.79 Å². The maximum absolute atomic E-state index is 13.3. The van der Waals surface area contributed by atoms with E-state index in [2.05, 4.69) is 25.5 Å². The van der Waals surface area contributed by atoms with Crippen molar-refractivity contribution in [3.05, 3.63) is 78.0 Å². The van der Waals surface area contributed by atoms with Crippen LogP contribution in [0.25, 0.3) is 10.8 Å². The lowest BCUT2D eigenvalue weighted by atomic mass is 10.0. The van der Waals surface area contributed by atoms with Gasteiger partial charge in [0.05, 0.1) is 25.4 Å². The number of aromatic nitrogens is 2. The Morgan fingerprint density at radius 2 is 1.75 bits per heavy atom. The standard InChI is InChI=1S/C28H29N5O3/c1-3-36-24-13-8-20-6-4-5-7-23(20)26(24)27(34)31-22-11-9-21(10-12-22)30-25-18-19(2)29-28(32-25)33-14-16-35-17-15-33/h4-13,18H,3,14-17H2,1-2H3,(H,31,34)(H,29,30,32). The quantitative estimate of drug-likeness (QED) is 0.375. The highest BCUT2D eigenvalue weighted by Crippen LogP contribution is 2.29. The van der Waals surface area contributed by atoms with Gasteiger partial charge in [-0.15, -0.1) is 0 Å². The molecule has 0 spiro atoms. The van der Waals surface area contributed by atoms with E-state index >= 15 is 0 Å². The molecule has 2 N–H and O–H groups in total. The molecular formula is C28H29N5O3. The van der Waals surface area contributed by atoms with Crippen LogP contribution in [0.4, 0.5) is 23.1 Å². The number of rotatable bonds is 7. The molecule has 8 nitrogen and oxygen atoms in total. The zero-order valence-corrected chi connectivity index (χ0v) is 20.5. The molecule has 4 aromatic rings. The fourth-order valence-electron chi connectivity index (χ4n) is 4.26. The lowest BCUT2D eigenvalue weighted by Crippen LogP contribution is -2.37. The summed E-state index contributed by atoms with van der Waals surface area (Å²) < 4.78 is 11.2. The highest BCUT2D eigenvalue weighted by atomic mass is 16.5. The van der Waals surface area contributed by atoms with E-state index in [-0.39, 0.29) is 5.91 Å². The molecule has 0 radical (unpaired) electrons. The van der Waals surface area contributed by atoms with Gasteiger partial charge in [0.1, 0.15) is 11.6 Å². The molecule has 0 unspecified atom stereocenters. The average molecular weight is 484 g/mol. The summed E-state index contributed by atoms with van der Waals surface area (Å²) in [6, 6.07) is 21.1. The molecule has 36 heavy (non-hydrogen) atoms. The molecule has 0 aliphatic carbocycles. The summed E-state index contributed by atoms with van der Waals surface area (Å²) in [5.74, 6) is 1.78. The Hall–Kier alpha value is -4.17. The lowest BCUT2D eigenvalue weighted by Gasteiger charge is -2.27. The molecule has 1 amide bonds. The van der Waals surface area contributed by atoms with Crippen molar-refractivity contribution in [1.82, 2.24) is 9.97 Å². The van der Waals surface area contributed by atoms with E-state index in [1.54, 1.807) is 0 Å². The topological polar surface area (TPSA) is 88.6 Å².